The summed E-state index contributed by atoms with van der Waals surface area (Å²) in [4.78, 5) is 10.1. The van der Waals surface area contributed by atoms with Crippen molar-refractivity contribution in [3.63, 3.8) is 0 Å². The Morgan fingerprint density at radius 3 is 1.51 bits per heavy atom. The molecule has 0 unspecified atom stereocenters. The molecule has 0 amide bonds. The Morgan fingerprint density at radius 1 is 0.500 bits per heavy atom. The zero-order chi connectivity index (χ0) is 53.4. The second kappa shape index (κ2) is 20.3. The Labute approximate surface area is 445 Å². The number of imidazole rings is 2. The molecule has 0 saturated carbocycles. The van der Waals surface area contributed by atoms with Crippen LogP contribution in [0.15, 0.2) is 168 Å². The number of para-hydroxylation sites is 6. The van der Waals surface area contributed by atoms with Crippen LogP contribution in [-0.4, -0.2) is 19.1 Å². The van der Waals surface area contributed by atoms with Crippen molar-refractivity contribution in [2.75, 3.05) is 0 Å². The standard InChI is InChI=1S/C41H39N2O.C25H25N2.Ir/c1-25(2)30-12-10-13-31(26(3)4)38(30)43-36-17-9-8-16-35(36)42-40(43)34-15-11-14-33-32-23-20-28(24-37(32)44-39(33)34)27-18-21-29(22-19-27)41(5,6)7;1-17(2)20-13-10-14-21(18(3)4)24(20)27-23-16-9-8-15-22(23)26-25(27)19-11-6-5-7-12-19;/h8-14,16-26H,1-7H3;5-11,13-18H,1-4H3;/q2*-1;/i25D,26D;17D,18D;. The molecule has 1 radical (unpaired) electrons. The van der Waals surface area contributed by atoms with Gasteiger partial charge in [0.15, 0.2) is 0 Å². The van der Waals surface area contributed by atoms with Gasteiger partial charge < -0.3 is 13.6 Å². The van der Waals surface area contributed by atoms with E-state index in [9.17, 15) is 0 Å². The van der Waals surface area contributed by atoms with Crippen molar-refractivity contribution in [3.8, 4) is 45.3 Å². The maximum absolute atomic E-state index is 9.12. The van der Waals surface area contributed by atoms with E-state index in [0.29, 0.717) is 11.4 Å². The zero-order valence-corrected chi connectivity index (χ0v) is 45.5. The molecule has 0 saturated heterocycles. The van der Waals surface area contributed by atoms with Gasteiger partial charge in [-0.15, -0.1) is 54.1 Å². The molecule has 0 atom stereocenters. The van der Waals surface area contributed by atoms with Crippen LogP contribution in [0.25, 0.3) is 89.3 Å². The van der Waals surface area contributed by atoms with Crippen molar-refractivity contribution >= 4 is 44.0 Å². The van der Waals surface area contributed by atoms with Gasteiger partial charge in [-0.2, -0.15) is 0 Å². The molecule has 11 aromatic rings. The number of fused-ring (bicyclic) bond motifs is 5. The quantitative estimate of drug-likeness (QED) is 0.135. The Bertz CT molecular complexity index is 3850. The first-order valence-corrected chi connectivity index (χ1v) is 24.6. The first-order chi connectivity index (χ1) is 35.4. The summed E-state index contributed by atoms with van der Waals surface area (Å²) in [5, 5.41) is 2.02. The van der Waals surface area contributed by atoms with Crippen molar-refractivity contribution in [3.05, 3.63) is 204 Å². The van der Waals surface area contributed by atoms with E-state index in [0.717, 1.165) is 100 Å². The molecule has 6 heteroatoms. The Hall–Kier alpha value is -6.85. The van der Waals surface area contributed by atoms with Crippen LogP contribution in [0.3, 0.4) is 0 Å². The number of hydrogen-bond donors (Lipinski definition) is 0. The van der Waals surface area contributed by atoms with E-state index >= 15 is 0 Å². The van der Waals surface area contributed by atoms with Gasteiger partial charge in [0.25, 0.3) is 0 Å². The number of nitrogens with zero attached hydrogens (tertiary/aromatic N) is 4. The summed E-state index contributed by atoms with van der Waals surface area (Å²) in [5.41, 5.74) is 15.4. The molecule has 0 aliphatic rings. The summed E-state index contributed by atoms with van der Waals surface area (Å²) in [7, 11) is 0. The SMILES string of the molecule is [2H]C(C)(C)c1cccc(C([2H])(C)C)c1-n1c(-c2[c-]ccc3c2oc2cc(-c4ccc(C(C)(C)C)cc4)ccc23)nc2ccccc21.[2H]C(C)(C)c1cccc(C([2H])(C)C)c1-n1c(-c2[c-]cccc2)nc2ccccc21.[Ir]. The molecular weight excluding hydrogens is 1060 g/mol. The van der Waals surface area contributed by atoms with Gasteiger partial charge in [-0.1, -0.05) is 184 Å². The van der Waals surface area contributed by atoms with Crippen LogP contribution in [0.1, 0.15) is 133 Å². The van der Waals surface area contributed by atoms with Crippen molar-refractivity contribution in [2.24, 2.45) is 0 Å². The molecular formula is C66H64IrN4O-2. The fourth-order valence-electron chi connectivity index (χ4n) is 9.82. The van der Waals surface area contributed by atoms with E-state index in [1.54, 1.807) is 0 Å². The Morgan fingerprint density at radius 2 is 1.00 bits per heavy atom. The molecule has 0 bridgehead atoms. The largest absolute Gasteiger partial charge is 0.501 e. The number of rotatable bonds is 9. The maximum Gasteiger partial charge on any atom is 0.121 e. The normalized spacial score (nSPS) is 13.3. The predicted octanol–water partition coefficient (Wildman–Crippen LogP) is 18.3. The average Bonchev–Trinajstić information content (AvgIpc) is 4.11. The molecule has 0 N–H and O–H groups in total. The van der Waals surface area contributed by atoms with Gasteiger partial charge in [-0.3, -0.25) is 9.97 Å². The Kier molecular flexibility index (Phi) is 12.7. The van der Waals surface area contributed by atoms with Crippen LogP contribution in [-0.2, 0) is 25.5 Å². The van der Waals surface area contributed by atoms with Crippen molar-refractivity contribution < 1.29 is 30.0 Å². The molecule has 11 rings (SSSR count). The third kappa shape index (κ3) is 9.28. The van der Waals surface area contributed by atoms with E-state index in [1.165, 1.54) is 5.56 Å². The predicted molar refractivity (Wildman–Crippen MR) is 298 cm³/mol. The molecule has 0 fully saturated rings. The van der Waals surface area contributed by atoms with Gasteiger partial charge in [0, 0.05) is 42.3 Å². The van der Waals surface area contributed by atoms with Crippen molar-refractivity contribution in [1.82, 2.24) is 19.1 Å². The minimum absolute atomic E-state index is 0. The fourth-order valence-corrected chi connectivity index (χ4v) is 9.82. The van der Waals surface area contributed by atoms with E-state index in [-0.39, 0.29) is 25.5 Å². The minimum Gasteiger partial charge on any atom is -0.501 e. The fraction of sp³-hybridized carbons (Fsp3) is 0.242. The van der Waals surface area contributed by atoms with Crippen LogP contribution in [0.5, 0.6) is 0 Å². The Balaban J connectivity index is 0.000000203. The summed E-state index contributed by atoms with van der Waals surface area (Å²) < 4.78 is 46.8. The van der Waals surface area contributed by atoms with Gasteiger partial charge in [0.2, 0.25) is 0 Å². The molecule has 0 aliphatic heterocycles. The second-order valence-corrected chi connectivity index (χ2v) is 20.4. The van der Waals surface area contributed by atoms with Crippen molar-refractivity contribution in [2.45, 2.75) is 105 Å². The maximum atomic E-state index is 9.12. The van der Waals surface area contributed by atoms with Gasteiger partial charge in [-0.05, 0) is 98.3 Å². The van der Waals surface area contributed by atoms with Gasteiger partial charge in [0.05, 0.1) is 39.3 Å². The molecule has 72 heavy (non-hydrogen) atoms. The van der Waals surface area contributed by atoms with E-state index in [2.05, 4.69) is 96.6 Å². The summed E-state index contributed by atoms with van der Waals surface area (Å²) in [6.45, 7) is 21.8. The van der Waals surface area contributed by atoms with Crippen LogP contribution < -0.4 is 0 Å². The number of furan rings is 1. The molecule has 8 aromatic carbocycles. The first kappa shape index (κ1) is 45.0. The topological polar surface area (TPSA) is 48.8 Å². The number of hydrogen-bond acceptors (Lipinski definition) is 3. The molecule has 0 spiro atoms. The van der Waals surface area contributed by atoms with Crippen molar-refractivity contribution in [1.29, 1.82) is 0 Å². The van der Waals surface area contributed by atoms with Gasteiger partial charge >= 0.3 is 0 Å². The minimum atomic E-state index is -0.921. The second-order valence-electron chi connectivity index (χ2n) is 20.4. The number of aromatic nitrogens is 4. The van der Waals surface area contributed by atoms with Crippen LogP contribution >= 0.6 is 0 Å². The van der Waals surface area contributed by atoms with E-state index in [1.807, 2.05) is 165 Å². The molecule has 3 heterocycles. The summed E-state index contributed by atoms with van der Waals surface area (Å²) in [5.74, 6) is -2.06. The van der Waals surface area contributed by atoms with E-state index in [4.69, 9.17) is 19.9 Å². The molecule has 3 aromatic heterocycles. The van der Waals surface area contributed by atoms with Gasteiger partial charge in [0.1, 0.15) is 5.58 Å². The monoisotopic (exact) mass is 1130 g/mol. The number of benzene rings is 8. The third-order valence-corrected chi connectivity index (χ3v) is 13.5. The van der Waals surface area contributed by atoms with Gasteiger partial charge in [-0.25, -0.2) is 0 Å². The zero-order valence-electron chi connectivity index (χ0n) is 47.1. The first-order valence-electron chi connectivity index (χ1n) is 26.6. The third-order valence-electron chi connectivity index (χ3n) is 13.5. The smallest absolute Gasteiger partial charge is 0.121 e. The molecule has 365 valence electrons. The molecule has 0 aliphatic carbocycles. The summed E-state index contributed by atoms with van der Waals surface area (Å²) in [6, 6.07) is 61.7. The average molecular weight is 1130 g/mol. The van der Waals surface area contributed by atoms with Crippen LogP contribution in [0.2, 0.25) is 0 Å². The molecule has 5 nitrogen and oxygen atoms in total. The summed E-state index contributed by atoms with van der Waals surface area (Å²) in [6.07, 6.45) is 0. The van der Waals surface area contributed by atoms with E-state index < -0.39 is 23.6 Å². The van der Waals surface area contributed by atoms with Crippen LogP contribution in [0.4, 0.5) is 0 Å². The van der Waals surface area contributed by atoms with Crippen LogP contribution in [0, 0.1) is 12.1 Å². The summed E-state index contributed by atoms with van der Waals surface area (Å²) >= 11 is 0.